The van der Waals surface area contributed by atoms with Gasteiger partial charge in [0.25, 0.3) is 0 Å². The molecule has 0 aromatic heterocycles. The number of likely N-dealkylation sites (tertiary alicyclic amines) is 2. The second kappa shape index (κ2) is 25.5. The van der Waals surface area contributed by atoms with Gasteiger partial charge in [-0.25, -0.2) is 0 Å². The largest absolute Gasteiger partial charge is 0.343 e. The monoisotopic (exact) mass is 691 g/mol. The van der Waals surface area contributed by atoms with E-state index in [0.29, 0.717) is 30.6 Å². The van der Waals surface area contributed by atoms with Crippen molar-refractivity contribution < 1.29 is 19.2 Å². The molecule has 0 unspecified atom stereocenters. The maximum atomic E-state index is 11.7. The van der Waals surface area contributed by atoms with E-state index in [2.05, 4.69) is 51.6 Å². The van der Waals surface area contributed by atoms with Crippen LogP contribution < -0.4 is 0 Å². The first-order valence-corrected chi connectivity index (χ1v) is 19.5. The molecule has 284 valence electrons. The van der Waals surface area contributed by atoms with Crippen LogP contribution in [-0.4, -0.2) is 146 Å². The third-order valence-corrected chi connectivity index (χ3v) is 9.21. The molecule has 4 saturated heterocycles. The van der Waals surface area contributed by atoms with Crippen molar-refractivity contribution in [1.29, 1.82) is 0 Å². The zero-order valence-corrected chi connectivity index (χ0v) is 32.9. The summed E-state index contributed by atoms with van der Waals surface area (Å²) >= 11 is 0. The Hall–Kier alpha value is -2.46. The van der Waals surface area contributed by atoms with Crippen LogP contribution in [0.5, 0.6) is 0 Å². The Morgan fingerprint density at radius 3 is 1.08 bits per heavy atom. The van der Waals surface area contributed by atoms with E-state index in [0.717, 1.165) is 117 Å². The van der Waals surface area contributed by atoms with Crippen molar-refractivity contribution in [3.63, 3.8) is 0 Å². The Bertz CT molecular complexity index is 917. The summed E-state index contributed by atoms with van der Waals surface area (Å²) in [7, 11) is 4.20. The first-order valence-electron chi connectivity index (χ1n) is 19.5. The van der Waals surface area contributed by atoms with E-state index in [1.54, 1.807) is 6.08 Å². The maximum Gasteiger partial charge on any atom is 0.246 e. The van der Waals surface area contributed by atoms with Crippen LogP contribution in [0.3, 0.4) is 0 Å². The Labute approximate surface area is 300 Å². The minimum absolute atomic E-state index is 0.103. The highest BCUT2D eigenvalue weighted by Gasteiger charge is 2.19. The Balaban J connectivity index is 0.000000328. The Morgan fingerprint density at radius 1 is 0.469 bits per heavy atom. The number of hydrogen-bond donors (Lipinski definition) is 0. The molecule has 0 spiro atoms. The number of carbonyl (C=O) groups excluding carboxylic acids is 4. The molecule has 0 bridgehead atoms. The van der Waals surface area contributed by atoms with Crippen molar-refractivity contribution >= 4 is 23.6 Å². The quantitative estimate of drug-likeness (QED) is 0.327. The fraction of sp³-hybridized carbons (Fsp3) is 0.846. The molecule has 0 saturated carbocycles. The van der Waals surface area contributed by atoms with Gasteiger partial charge in [-0.05, 0) is 83.4 Å². The molecule has 4 rings (SSSR count). The van der Waals surface area contributed by atoms with Gasteiger partial charge < -0.3 is 29.4 Å². The average molecular weight is 691 g/mol. The van der Waals surface area contributed by atoms with Crippen molar-refractivity contribution in [2.45, 2.75) is 119 Å². The standard InChI is InChI=1S/C12H21NO.2C9H18N2O.C9H17NO/c1-12(2,3)8-7-11(14)13-9-5-4-6-10-13;2*1-3-4-9(12)11-7-5-10(2)6-8-11;1-2-6-9(11)10-7-4-3-5-8-10/h7-8H,4-6,9-10H2,1-3H3;2*3-8H2,1-2H3;2-8H2,1H3/b8-7+;;;. The van der Waals surface area contributed by atoms with E-state index in [1.165, 1.54) is 25.7 Å². The minimum atomic E-state index is 0.103. The molecule has 0 aromatic rings. The molecule has 10 heteroatoms. The van der Waals surface area contributed by atoms with Gasteiger partial charge in [-0.1, -0.05) is 47.6 Å². The van der Waals surface area contributed by atoms with Gasteiger partial charge in [0.15, 0.2) is 0 Å². The van der Waals surface area contributed by atoms with Crippen LogP contribution in [0.1, 0.15) is 119 Å². The summed E-state index contributed by atoms with van der Waals surface area (Å²) < 4.78 is 0. The Morgan fingerprint density at radius 2 is 0.776 bits per heavy atom. The second-order valence-corrected chi connectivity index (χ2v) is 15.1. The van der Waals surface area contributed by atoms with Crippen molar-refractivity contribution in [2.24, 2.45) is 5.41 Å². The van der Waals surface area contributed by atoms with E-state index in [1.807, 2.05) is 39.5 Å². The predicted molar refractivity (Wildman–Crippen MR) is 202 cm³/mol. The lowest BCUT2D eigenvalue weighted by molar-refractivity contribution is -0.133. The molecule has 0 atom stereocenters. The molecular formula is C39H74N6O4. The summed E-state index contributed by atoms with van der Waals surface area (Å²) in [4.78, 5) is 58.3. The van der Waals surface area contributed by atoms with Crippen molar-refractivity contribution in [1.82, 2.24) is 29.4 Å². The van der Waals surface area contributed by atoms with Crippen LogP contribution in [0.2, 0.25) is 0 Å². The summed E-state index contributed by atoms with van der Waals surface area (Å²) in [6.07, 6.45) is 16.1. The highest BCUT2D eigenvalue weighted by Crippen LogP contribution is 2.16. The summed E-state index contributed by atoms with van der Waals surface area (Å²) in [5.74, 6) is 1.18. The third-order valence-electron chi connectivity index (χ3n) is 9.21. The highest BCUT2D eigenvalue weighted by atomic mass is 16.2. The van der Waals surface area contributed by atoms with Gasteiger partial charge in [-0.15, -0.1) is 0 Å². The van der Waals surface area contributed by atoms with Gasteiger partial charge >= 0.3 is 0 Å². The van der Waals surface area contributed by atoms with Crippen LogP contribution in [0.15, 0.2) is 12.2 Å². The number of piperidine rings is 2. The lowest BCUT2D eigenvalue weighted by Gasteiger charge is -2.32. The first-order chi connectivity index (χ1) is 23.3. The molecule has 4 aliphatic rings. The molecule has 4 amide bonds. The molecule has 49 heavy (non-hydrogen) atoms. The van der Waals surface area contributed by atoms with Crippen LogP contribution >= 0.6 is 0 Å². The number of nitrogens with zero attached hydrogens (tertiary/aromatic N) is 6. The average Bonchev–Trinajstić information content (AvgIpc) is 3.09. The number of hydrogen-bond acceptors (Lipinski definition) is 6. The fourth-order valence-electron chi connectivity index (χ4n) is 5.91. The highest BCUT2D eigenvalue weighted by molar-refractivity contribution is 5.87. The van der Waals surface area contributed by atoms with E-state index in [-0.39, 0.29) is 11.3 Å². The number of piperazine rings is 2. The van der Waals surface area contributed by atoms with Gasteiger partial charge in [0.2, 0.25) is 23.6 Å². The molecule has 10 nitrogen and oxygen atoms in total. The van der Waals surface area contributed by atoms with Gasteiger partial charge in [0.1, 0.15) is 0 Å². The SMILES string of the molecule is CC(C)(C)/C=C/C(=O)N1CCCCC1.CCCC(=O)N1CCCCC1.CCCC(=O)N1CCN(C)CC1.CCCC(=O)N1CCN(C)CC1. The molecule has 0 radical (unpaired) electrons. The first kappa shape index (κ1) is 44.6. The lowest BCUT2D eigenvalue weighted by atomic mass is 9.96. The third kappa shape index (κ3) is 20.7. The molecule has 0 aliphatic carbocycles. The van der Waals surface area contributed by atoms with Crippen molar-refractivity contribution in [3.8, 4) is 0 Å². The van der Waals surface area contributed by atoms with Gasteiger partial charge in [0.05, 0.1) is 0 Å². The zero-order valence-electron chi connectivity index (χ0n) is 32.9. The second-order valence-electron chi connectivity index (χ2n) is 15.1. The van der Waals surface area contributed by atoms with Gasteiger partial charge in [0, 0.05) is 97.8 Å². The van der Waals surface area contributed by atoms with Crippen LogP contribution in [0, 0.1) is 5.41 Å². The van der Waals surface area contributed by atoms with Gasteiger partial charge in [-0.2, -0.15) is 0 Å². The summed E-state index contributed by atoms with van der Waals surface area (Å²) in [5.41, 5.74) is 0.103. The smallest absolute Gasteiger partial charge is 0.246 e. The molecule has 4 heterocycles. The van der Waals surface area contributed by atoms with E-state index >= 15 is 0 Å². The van der Waals surface area contributed by atoms with E-state index in [9.17, 15) is 19.2 Å². The van der Waals surface area contributed by atoms with Crippen LogP contribution in [0.25, 0.3) is 0 Å². The summed E-state index contributed by atoms with van der Waals surface area (Å²) in [6, 6.07) is 0. The maximum absolute atomic E-state index is 11.7. The minimum Gasteiger partial charge on any atom is -0.343 e. The normalized spacial score (nSPS) is 19.2. The zero-order chi connectivity index (χ0) is 36.7. The summed E-state index contributed by atoms with van der Waals surface area (Å²) in [6.45, 7) is 24.1. The number of allylic oxidation sites excluding steroid dienone is 1. The molecular weight excluding hydrogens is 616 g/mol. The van der Waals surface area contributed by atoms with E-state index < -0.39 is 0 Å². The lowest BCUT2D eigenvalue weighted by Crippen LogP contribution is -2.47. The van der Waals surface area contributed by atoms with Crippen molar-refractivity contribution in [3.05, 3.63) is 12.2 Å². The van der Waals surface area contributed by atoms with E-state index in [4.69, 9.17) is 0 Å². The Kier molecular flexibility index (Phi) is 23.2. The number of amides is 4. The number of rotatable bonds is 7. The number of likely N-dealkylation sites (N-methyl/N-ethyl adjacent to an activating group) is 2. The number of carbonyl (C=O) groups is 4. The summed E-state index contributed by atoms with van der Waals surface area (Å²) in [5, 5.41) is 0. The fourth-order valence-corrected chi connectivity index (χ4v) is 5.91. The molecule has 4 aliphatic heterocycles. The predicted octanol–water partition coefficient (Wildman–Crippen LogP) is 5.52. The topological polar surface area (TPSA) is 87.7 Å². The van der Waals surface area contributed by atoms with Crippen LogP contribution in [-0.2, 0) is 19.2 Å². The van der Waals surface area contributed by atoms with Gasteiger partial charge in [-0.3, -0.25) is 19.2 Å². The molecule has 4 fully saturated rings. The molecule has 0 N–H and O–H groups in total. The van der Waals surface area contributed by atoms with Crippen LogP contribution in [0.4, 0.5) is 0 Å². The van der Waals surface area contributed by atoms with Crippen molar-refractivity contribution in [2.75, 3.05) is 92.6 Å². The molecule has 0 aromatic carbocycles.